The highest BCUT2D eigenvalue weighted by Crippen LogP contribution is 2.29. The Kier molecular flexibility index (Phi) is 4.83. The number of benzene rings is 2. The number of rotatable bonds is 4. The Morgan fingerprint density at radius 3 is 2.62 bits per heavy atom. The van der Waals surface area contributed by atoms with E-state index in [0.717, 1.165) is 12.1 Å². The SMILES string of the molecule is O=C1NC[C@H](NCc2cccc(C(F)(F)F)c2)n2nc(-c3ccc(F)cc3)cc21. The van der Waals surface area contributed by atoms with Gasteiger partial charge in [-0.2, -0.15) is 18.3 Å². The van der Waals surface area contributed by atoms with Gasteiger partial charge in [-0.15, -0.1) is 0 Å². The van der Waals surface area contributed by atoms with E-state index in [1.807, 2.05) is 0 Å². The molecule has 9 heteroatoms. The molecule has 4 rings (SSSR count). The number of nitrogens with one attached hydrogen (secondary N) is 2. The molecular weight excluding hydrogens is 388 g/mol. The zero-order valence-corrected chi connectivity index (χ0v) is 15.0. The van der Waals surface area contributed by atoms with Gasteiger partial charge in [0.2, 0.25) is 0 Å². The molecule has 0 saturated carbocycles. The average Bonchev–Trinajstić information content (AvgIpc) is 3.14. The Morgan fingerprint density at radius 2 is 1.90 bits per heavy atom. The normalized spacial score (nSPS) is 16.4. The molecule has 1 atom stereocenters. The van der Waals surface area contributed by atoms with Gasteiger partial charge >= 0.3 is 6.18 Å². The largest absolute Gasteiger partial charge is 0.416 e. The van der Waals surface area contributed by atoms with E-state index in [1.165, 1.54) is 22.9 Å². The molecule has 5 nitrogen and oxygen atoms in total. The van der Waals surface area contributed by atoms with Crippen molar-refractivity contribution < 1.29 is 22.4 Å². The predicted molar refractivity (Wildman–Crippen MR) is 97.3 cm³/mol. The summed E-state index contributed by atoms with van der Waals surface area (Å²) >= 11 is 0. The summed E-state index contributed by atoms with van der Waals surface area (Å²) < 4.78 is 53.3. The van der Waals surface area contributed by atoms with Crippen LogP contribution in [0.5, 0.6) is 0 Å². The number of carbonyl (C=O) groups is 1. The van der Waals surface area contributed by atoms with E-state index in [4.69, 9.17) is 0 Å². The first-order valence-electron chi connectivity index (χ1n) is 8.84. The smallest absolute Gasteiger partial charge is 0.347 e. The molecule has 0 aliphatic carbocycles. The minimum Gasteiger partial charge on any atom is -0.347 e. The van der Waals surface area contributed by atoms with Gasteiger partial charge in [-0.25, -0.2) is 9.07 Å². The van der Waals surface area contributed by atoms with Crippen LogP contribution in [0.1, 0.15) is 27.8 Å². The van der Waals surface area contributed by atoms with E-state index in [0.29, 0.717) is 22.5 Å². The third kappa shape index (κ3) is 4.00. The van der Waals surface area contributed by atoms with Crippen LogP contribution < -0.4 is 10.6 Å². The molecule has 2 N–H and O–H groups in total. The molecule has 2 aromatic carbocycles. The maximum Gasteiger partial charge on any atom is 0.416 e. The lowest BCUT2D eigenvalue weighted by Crippen LogP contribution is -2.45. The molecule has 150 valence electrons. The maximum atomic E-state index is 13.1. The van der Waals surface area contributed by atoms with Crippen LogP contribution in [0.15, 0.2) is 54.6 Å². The molecule has 0 unspecified atom stereocenters. The fourth-order valence-electron chi connectivity index (χ4n) is 3.18. The summed E-state index contributed by atoms with van der Waals surface area (Å²) in [6.45, 7) is 0.394. The monoisotopic (exact) mass is 404 g/mol. The van der Waals surface area contributed by atoms with E-state index in [9.17, 15) is 22.4 Å². The van der Waals surface area contributed by atoms with Crippen molar-refractivity contribution in [2.45, 2.75) is 18.9 Å². The number of amides is 1. The molecular formula is C20H16F4N4O. The number of nitrogens with zero attached hydrogens (tertiary/aromatic N) is 2. The van der Waals surface area contributed by atoms with Crippen molar-refractivity contribution in [1.82, 2.24) is 20.4 Å². The fourth-order valence-corrected chi connectivity index (χ4v) is 3.18. The van der Waals surface area contributed by atoms with Crippen LogP contribution in [-0.4, -0.2) is 22.2 Å². The van der Waals surface area contributed by atoms with Crippen molar-refractivity contribution in [2.75, 3.05) is 6.54 Å². The topological polar surface area (TPSA) is 59.0 Å². The number of alkyl halides is 3. The number of hydrogen-bond donors (Lipinski definition) is 2. The first-order chi connectivity index (χ1) is 13.8. The van der Waals surface area contributed by atoms with Crippen LogP contribution in [0.2, 0.25) is 0 Å². The van der Waals surface area contributed by atoms with Gasteiger partial charge in [0, 0.05) is 12.1 Å². The highest BCUT2D eigenvalue weighted by Gasteiger charge is 2.31. The molecule has 1 aliphatic heterocycles. The van der Waals surface area contributed by atoms with Crippen molar-refractivity contribution in [1.29, 1.82) is 0 Å². The van der Waals surface area contributed by atoms with E-state index >= 15 is 0 Å². The number of hydrogen-bond acceptors (Lipinski definition) is 3. The quantitative estimate of drug-likeness (QED) is 0.652. The molecule has 0 fully saturated rings. The van der Waals surface area contributed by atoms with Crippen molar-refractivity contribution in [2.24, 2.45) is 0 Å². The molecule has 0 radical (unpaired) electrons. The van der Waals surface area contributed by atoms with Crippen molar-refractivity contribution in [3.8, 4) is 11.3 Å². The van der Waals surface area contributed by atoms with E-state index < -0.39 is 17.9 Å². The summed E-state index contributed by atoms with van der Waals surface area (Å²) in [5.74, 6) is -0.681. The van der Waals surface area contributed by atoms with Gasteiger partial charge in [0.15, 0.2) is 0 Å². The van der Waals surface area contributed by atoms with Gasteiger partial charge in [-0.05, 0) is 42.0 Å². The second-order valence-electron chi connectivity index (χ2n) is 6.67. The minimum atomic E-state index is -4.41. The number of aromatic nitrogens is 2. The molecule has 0 saturated heterocycles. The molecule has 3 aromatic rings. The third-order valence-corrected chi connectivity index (χ3v) is 4.66. The molecule has 29 heavy (non-hydrogen) atoms. The second-order valence-corrected chi connectivity index (χ2v) is 6.67. The lowest BCUT2D eigenvalue weighted by molar-refractivity contribution is -0.137. The van der Waals surface area contributed by atoms with Crippen LogP contribution in [0.25, 0.3) is 11.3 Å². The third-order valence-electron chi connectivity index (χ3n) is 4.66. The van der Waals surface area contributed by atoms with Gasteiger partial charge in [0.1, 0.15) is 17.7 Å². The summed E-state index contributed by atoms with van der Waals surface area (Å²) in [5.41, 5.74) is 1.22. The van der Waals surface area contributed by atoms with Gasteiger partial charge < -0.3 is 5.32 Å². The molecule has 1 amide bonds. The molecule has 0 spiro atoms. The summed E-state index contributed by atoms with van der Waals surface area (Å²) in [5, 5.41) is 10.3. The summed E-state index contributed by atoms with van der Waals surface area (Å²) in [7, 11) is 0. The molecule has 0 bridgehead atoms. The summed E-state index contributed by atoms with van der Waals surface area (Å²) in [6.07, 6.45) is -4.85. The van der Waals surface area contributed by atoms with Gasteiger partial charge in [-0.3, -0.25) is 10.1 Å². The first-order valence-corrected chi connectivity index (χ1v) is 8.84. The Labute approximate surface area is 163 Å². The van der Waals surface area contributed by atoms with Gasteiger partial charge in [0.05, 0.1) is 17.8 Å². The molecule has 2 heterocycles. The van der Waals surface area contributed by atoms with Crippen LogP contribution >= 0.6 is 0 Å². The number of halogens is 4. The maximum absolute atomic E-state index is 13.1. The highest BCUT2D eigenvalue weighted by molar-refractivity contribution is 5.94. The molecule has 1 aliphatic rings. The summed E-state index contributed by atoms with van der Waals surface area (Å²) in [6, 6.07) is 12.4. The van der Waals surface area contributed by atoms with E-state index in [-0.39, 0.29) is 24.8 Å². The van der Waals surface area contributed by atoms with Gasteiger partial charge in [0.25, 0.3) is 5.91 Å². The first kappa shape index (κ1) is 19.1. The lowest BCUT2D eigenvalue weighted by atomic mass is 10.1. The van der Waals surface area contributed by atoms with Crippen LogP contribution in [0, 0.1) is 5.82 Å². The predicted octanol–water partition coefficient (Wildman–Crippen LogP) is 3.74. The number of carbonyl (C=O) groups excluding carboxylic acids is 1. The standard InChI is InChI=1S/C20H16F4N4O/c21-15-6-4-13(5-7-15)16-9-17-19(29)26-11-18(28(17)27-16)25-10-12-2-1-3-14(8-12)20(22,23)24/h1-9,18,25H,10-11H2,(H,26,29)/t18-/m1/s1. The van der Waals surface area contributed by atoms with Crippen molar-refractivity contribution in [3.05, 3.63) is 77.2 Å². The Morgan fingerprint density at radius 1 is 1.14 bits per heavy atom. The van der Waals surface area contributed by atoms with Gasteiger partial charge in [-0.1, -0.05) is 18.2 Å². The van der Waals surface area contributed by atoms with E-state index in [1.54, 1.807) is 24.3 Å². The van der Waals surface area contributed by atoms with Crippen LogP contribution in [-0.2, 0) is 12.7 Å². The summed E-state index contributed by atoms with van der Waals surface area (Å²) in [4.78, 5) is 12.2. The van der Waals surface area contributed by atoms with E-state index in [2.05, 4.69) is 15.7 Å². The average molecular weight is 404 g/mol. The Bertz CT molecular complexity index is 1040. The van der Waals surface area contributed by atoms with Crippen LogP contribution in [0.3, 0.4) is 0 Å². The zero-order valence-electron chi connectivity index (χ0n) is 15.0. The Hall–Kier alpha value is -3.20. The van der Waals surface area contributed by atoms with Crippen LogP contribution in [0.4, 0.5) is 17.6 Å². The minimum absolute atomic E-state index is 0.162. The van der Waals surface area contributed by atoms with Crippen molar-refractivity contribution in [3.63, 3.8) is 0 Å². The number of fused-ring (bicyclic) bond motifs is 1. The molecule has 1 aromatic heterocycles. The zero-order chi connectivity index (χ0) is 20.6. The Balaban J connectivity index is 1.56. The fraction of sp³-hybridized carbons (Fsp3) is 0.200. The second kappa shape index (κ2) is 7.32. The lowest BCUT2D eigenvalue weighted by Gasteiger charge is -2.26. The van der Waals surface area contributed by atoms with Crippen molar-refractivity contribution >= 4 is 5.91 Å². The highest BCUT2D eigenvalue weighted by atomic mass is 19.4.